The summed E-state index contributed by atoms with van der Waals surface area (Å²) in [7, 11) is 0. The van der Waals surface area contributed by atoms with Crippen LogP contribution in [0.25, 0.3) is 0 Å². The lowest BCUT2D eigenvalue weighted by Gasteiger charge is -2.06. The summed E-state index contributed by atoms with van der Waals surface area (Å²) in [6.45, 7) is 2.19. The van der Waals surface area contributed by atoms with Crippen LogP contribution in [0, 0.1) is 6.92 Å². The third-order valence-corrected chi connectivity index (χ3v) is 2.56. The first kappa shape index (κ1) is 12.0. The number of benzene rings is 1. The quantitative estimate of drug-likeness (QED) is 0.723. The lowest BCUT2D eigenvalue weighted by molar-refractivity contribution is 0.0696. The summed E-state index contributed by atoms with van der Waals surface area (Å²) >= 11 is 0. The molecule has 0 aliphatic rings. The molecule has 0 saturated carbocycles. The van der Waals surface area contributed by atoms with Crippen molar-refractivity contribution in [3.63, 3.8) is 0 Å². The van der Waals surface area contributed by atoms with Gasteiger partial charge in [-0.3, -0.25) is 0 Å². The van der Waals surface area contributed by atoms with Gasteiger partial charge < -0.3 is 19.9 Å². The molecule has 1 heterocycles. The van der Waals surface area contributed by atoms with E-state index in [1.807, 2.05) is 0 Å². The molecular weight excluding hydrogens is 234 g/mol. The van der Waals surface area contributed by atoms with E-state index in [-0.39, 0.29) is 11.3 Å². The van der Waals surface area contributed by atoms with Gasteiger partial charge in [-0.1, -0.05) is 0 Å². The second-order valence-electron chi connectivity index (χ2n) is 3.96. The molecule has 0 unspecified atom stereocenters. The van der Waals surface area contributed by atoms with Crippen molar-refractivity contribution in [3.8, 4) is 5.75 Å². The molecule has 0 spiro atoms. The van der Waals surface area contributed by atoms with Gasteiger partial charge in [0, 0.05) is 5.69 Å². The number of nitrogens with one attached hydrogen (secondary N) is 1. The molecule has 0 aliphatic heterocycles. The van der Waals surface area contributed by atoms with Crippen LogP contribution in [0.15, 0.2) is 34.9 Å². The highest BCUT2D eigenvalue weighted by Gasteiger charge is 2.08. The van der Waals surface area contributed by atoms with E-state index in [4.69, 9.17) is 9.52 Å². The Kier molecular flexibility index (Phi) is 3.23. The predicted molar refractivity (Wildman–Crippen MR) is 65.8 cm³/mol. The largest absolute Gasteiger partial charge is 0.508 e. The number of aromatic carboxylic acids is 1. The van der Waals surface area contributed by atoms with Crippen molar-refractivity contribution in [2.45, 2.75) is 13.5 Å². The molecule has 0 saturated heterocycles. The van der Waals surface area contributed by atoms with Gasteiger partial charge in [0.2, 0.25) is 0 Å². The number of aromatic hydroxyl groups is 1. The maximum atomic E-state index is 10.7. The summed E-state index contributed by atoms with van der Waals surface area (Å²) in [4.78, 5) is 10.7. The monoisotopic (exact) mass is 247 g/mol. The van der Waals surface area contributed by atoms with Crippen LogP contribution >= 0.6 is 0 Å². The van der Waals surface area contributed by atoms with Gasteiger partial charge in [0.15, 0.2) is 0 Å². The van der Waals surface area contributed by atoms with Crippen LogP contribution in [-0.2, 0) is 6.54 Å². The number of aryl methyl sites for hydroxylation is 1. The van der Waals surface area contributed by atoms with Crippen LogP contribution in [0.2, 0.25) is 0 Å². The number of carboxylic acid groups (broad SMARTS) is 1. The van der Waals surface area contributed by atoms with Gasteiger partial charge in [-0.2, -0.15) is 0 Å². The molecule has 0 atom stereocenters. The molecule has 94 valence electrons. The smallest absolute Gasteiger partial charge is 0.338 e. The van der Waals surface area contributed by atoms with E-state index in [2.05, 4.69) is 5.32 Å². The molecule has 1 aromatic heterocycles. The average Bonchev–Trinajstić information content (AvgIpc) is 2.79. The third kappa shape index (κ3) is 2.63. The van der Waals surface area contributed by atoms with Crippen molar-refractivity contribution < 1.29 is 19.4 Å². The molecule has 0 bridgehead atoms. The average molecular weight is 247 g/mol. The zero-order valence-corrected chi connectivity index (χ0v) is 9.80. The number of hydrogen-bond acceptors (Lipinski definition) is 4. The number of rotatable bonds is 4. The lowest BCUT2D eigenvalue weighted by Crippen LogP contribution is -1.98. The van der Waals surface area contributed by atoms with Crippen LogP contribution in [0.4, 0.5) is 5.69 Å². The molecule has 5 nitrogen and oxygen atoms in total. The maximum Gasteiger partial charge on any atom is 0.338 e. The standard InChI is InChI=1S/C13H13NO4/c1-8-4-10(2-3-12(8)15)14-6-11-5-9(7-18-11)13(16)17/h2-5,7,14-15H,6H2,1H3,(H,16,17). The van der Waals surface area contributed by atoms with Crippen LogP contribution in [0.3, 0.4) is 0 Å². The van der Waals surface area contributed by atoms with Crippen LogP contribution in [-0.4, -0.2) is 16.2 Å². The van der Waals surface area contributed by atoms with E-state index in [0.29, 0.717) is 12.3 Å². The molecule has 5 heteroatoms. The minimum Gasteiger partial charge on any atom is -0.508 e. The Morgan fingerprint density at radius 3 is 2.78 bits per heavy atom. The van der Waals surface area contributed by atoms with E-state index in [0.717, 1.165) is 11.3 Å². The van der Waals surface area contributed by atoms with Crippen LogP contribution in [0.5, 0.6) is 5.75 Å². The topological polar surface area (TPSA) is 82.7 Å². The number of carbonyl (C=O) groups is 1. The Hall–Kier alpha value is -2.43. The molecule has 2 rings (SSSR count). The Bertz CT molecular complexity index is 574. The van der Waals surface area contributed by atoms with Gasteiger partial charge in [0.1, 0.15) is 17.8 Å². The van der Waals surface area contributed by atoms with Crippen molar-refractivity contribution in [2.75, 3.05) is 5.32 Å². The Balaban J connectivity index is 2.02. The van der Waals surface area contributed by atoms with Gasteiger partial charge in [0.05, 0.1) is 12.1 Å². The van der Waals surface area contributed by atoms with Gasteiger partial charge in [-0.15, -0.1) is 0 Å². The minimum atomic E-state index is -1.01. The highest BCUT2D eigenvalue weighted by molar-refractivity contribution is 5.87. The van der Waals surface area contributed by atoms with Crippen molar-refractivity contribution in [1.29, 1.82) is 0 Å². The predicted octanol–water partition coefficient (Wildman–Crippen LogP) is 2.60. The molecular formula is C13H13NO4. The molecule has 0 aliphatic carbocycles. The van der Waals surface area contributed by atoms with Crippen LogP contribution in [0.1, 0.15) is 21.7 Å². The third-order valence-electron chi connectivity index (χ3n) is 2.56. The first-order valence-corrected chi connectivity index (χ1v) is 5.40. The molecule has 0 radical (unpaired) electrons. The normalized spacial score (nSPS) is 10.3. The molecule has 0 amide bonds. The second kappa shape index (κ2) is 4.83. The molecule has 1 aromatic carbocycles. The minimum absolute atomic E-state index is 0.133. The number of hydrogen-bond donors (Lipinski definition) is 3. The first-order chi connectivity index (χ1) is 8.56. The fourth-order valence-electron chi connectivity index (χ4n) is 1.54. The number of phenolic OH excluding ortho intramolecular Hbond substituents is 1. The molecule has 18 heavy (non-hydrogen) atoms. The fourth-order valence-corrected chi connectivity index (χ4v) is 1.54. The highest BCUT2D eigenvalue weighted by atomic mass is 16.4. The van der Waals surface area contributed by atoms with E-state index < -0.39 is 5.97 Å². The van der Waals surface area contributed by atoms with Crippen molar-refractivity contribution >= 4 is 11.7 Å². The van der Waals surface area contributed by atoms with Gasteiger partial charge in [0.25, 0.3) is 0 Å². The molecule has 3 N–H and O–H groups in total. The van der Waals surface area contributed by atoms with Crippen LogP contribution < -0.4 is 5.32 Å². The Morgan fingerprint density at radius 1 is 1.39 bits per heavy atom. The van der Waals surface area contributed by atoms with E-state index >= 15 is 0 Å². The summed E-state index contributed by atoms with van der Waals surface area (Å²) in [5.74, 6) is -0.227. The Labute approximate surface area is 104 Å². The van der Waals surface area contributed by atoms with Gasteiger partial charge in [-0.05, 0) is 36.8 Å². The van der Waals surface area contributed by atoms with E-state index in [1.165, 1.54) is 12.3 Å². The second-order valence-corrected chi connectivity index (χ2v) is 3.96. The number of furan rings is 1. The number of anilines is 1. The number of phenols is 1. The molecule has 2 aromatic rings. The van der Waals surface area contributed by atoms with Gasteiger partial charge >= 0.3 is 5.97 Å². The number of carboxylic acids is 1. The van der Waals surface area contributed by atoms with E-state index in [1.54, 1.807) is 25.1 Å². The SMILES string of the molecule is Cc1cc(NCc2cc(C(=O)O)co2)ccc1O. The summed E-state index contributed by atoms with van der Waals surface area (Å²) in [6.07, 6.45) is 1.21. The summed E-state index contributed by atoms with van der Waals surface area (Å²) in [5, 5.41) is 21.2. The Morgan fingerprint density at radius 2 is 2.17 bits per heavy atom. The van der Waals surface area contributed by atoms with E-state index in [9.17, 15) is 9.90 Å². The summed E-state index contributed by atoms with van der Waals surface area (Å²) < 4.78 is 5.11. The zero-order valence-electron chi connectivity index (χ0n) is 9.80. The maximum absolute atomic E-state index is 10.7. The van der Waals surface area contributed by atoms with Crippen molar-refractivity contribution in [2.24, 2.45) is 0 Å². The van der Waals surface area contributed by atoms with Crippen molar-refractivity contribution in [1.82, 2.24) is 0 Å². The van der Waals surface area contributed by atoms with Gasteiger partial charge in [-0.25, -0.2) is 4.79 Å². The lowest BCUT2D eigenvalue weighted by atomic mass is 10.2. The zero-order chi connectivity index (χ0) is 13.1. The summed E-state index contributed by atoms with van der Waals surface area (Å²) in [6, 6.07) is 6.62. The molecule has 0 fully saturated rings. The fraction of sp³-hybridized carbons (Fsp3) is 0.154. The van der Waals surface area contributed by atoms with Crippen molar-refractivity contribution in [3.05, 3.63) is 47.4 Å². The first-order valence-electron chi connectivity index (χ1n) is 5.40. The summed E-state index contributed by atoms with van der Waals surface area (Å²) in [5.41, 5.74) is 1.73. The highest BCUT2D eigenvalue weighted by Crippen LogP contribution is 2.20.